The van der Waals surface area contributed by atoms with Crippen LogP contribution in [0.1, 0.15) is 49.3 Å². The molecule has 1 aromatic rings. The number of rotatable bonds is 6. The van der Waals surface area contributed by atoms with Gasteiger partial charge in [-0.05, 0) is 31.7 Å². The van der Waals surface area contributed by atoms with Gasteiger partial charge in [-0.1, -0.05) is 37.0 Å². The quantitative estimate of drug-likeness (QED) is 0.625. The summed E-state index contributed by atoms with van der Waals surface area (Å²) in [7, 11) is 3.48. The molecular formula is C17H28N2O2. The number of nitrogens with two attached hydrogens (primary N) is 1. The highest BCUT2D eigenvalue weighted by Crippen LogP contribution is 2.36. The molecule has 1 saturated carbocycles. The van der Waals surface area contributed by atoms with Crippen LogP contribution in [-0.4, -0.2) is 20.3 Å². The van der Waals surface area contributed by atoms with Gasteiger partial charge in [0.2, 0.25) is 0 Å². The molecule has 1 aliphatic rings. The van der Waals surface area contributed by atoms with Crippen LogP contribution in [0.4, 0.5) is 0 Å². The van der Waals surface area contributed by atoms with E-state index in [4.69, 9.17) is 15.3 Å². The Hall–Kier alpha value is -1.10. The Morgan fingerprint density at radius 3 is 2.48 bits per heavy atom. The zero-order valence-corrected chi connectivity index (χ0v) is 13.4. The molecule has 0 amide bonds. The molecule has 0 saturated heterocycles. The lowest BCUT2D eigenvalue weighted by Crippen LogP contribution is -2.42. The normalized spacial score (nSPS) is 19.2. The van der Waals surface area contributed by atoms with Gasteiger partial charge in [-0.3, -0.25) is 11.3 Å². The predicted octanol–water partition coefficient (Wildman–Crippen LogP) is 3.10. The van der Waals surface area contributed by atoms with E-state index in [2.05, 4.69) is 24.5 Å². The molecule has 0 bridgehead atoms. The van der Waals surface area contributed by atoms with Crippen LogP contribution >= 0.6 is 0 Å². The van der Waals surface area contributed by atoms with Gasteiger partial charge >= 0.3 is 0 Å². The zero-order valence-electron chi connectivity index (χ0n) is 13.4. The van der Waals surface area contributed by atoms with E-state index in [0.717, 1.165) is 11.3 Å². The molecule has 4 heteroatoms. The maximum Gasteiger partial charge on any atom is 0.123 e. The van der Waals surface area contributed by atoms with Crippen LogP contribution in [0.2, 0.25) is 0 Å². The number of ether oxygens (including phenoxy) is 2. The number of hydrogen-bond donors (Lipinski definition) is 2. The second kappa shape index (κ2) is 7.78. The molecule has 1 aromatic carbocycles. The fourth-order valence-electron chi connectivity index (χ4n) is 3.52. The minimum Gasteiger partial charge on any atom is -0.496 e. The van der Waals surface area contributed by atoms with E-state index in [-0.39, 0.29) is 12.1 Å². The van der Waals surface area contributed by atoms with E-state index < -0.39 is 0 Å². The summed E-state index contributed by atoms with van der Waals surface area (Å²) < 4.78 is 11.4. The van der Waals surface area contributed by atoms with Crippen molar-refractivity contribution < 1.29 is 9.47 Å². The van der Waals surface area contributed by atoms with Crippen molar-refractivity contribution in [3.05, 3.63) is 29.3 Å². The van der Waals surface area contributed by atoms with Crippen LogP contribution in [0.5, 0.6) is 5.75 Å². The summed E-state index contributed by atoms with van der Waals surface area (Å²) in [5.74, 6) is 7.29. The largest absolute Gasteiger partial charge is 0.496 e. The van der Waals surface area contributed by atoms with Gasteiger partial charge in [0.1, 0.15) is 5.75 Å². The zero-order chi connectivity index (χ0) is 15.2. The minimum atomic E-state index is -0.0482. The first kappa shape index (κ1) is 16.3. The highest BCUT2D eigenvalue weighted by atomic mass is 16.5. The van der Waals surface area contributed by atoms with Gasteiger partial charge in [0.05, 0.1) is 19.3 Å². The number of hydrogen-bond acceptors (Lipinski definition) is 4. The van der Waals surface area contributed by atoms with Crippen molar-refractivity contribution in [1.82, 2.24) is 5.43 Å². The molecule has 0 aromatic heterocycles. The van der Waals surface area contributed by atoms with Gasteiger partial charge in [0.15, 0.2) is 0 Å². The topological polar surface area (TPSA) is 56.5 Å². The molecule has 3 N–H and O–H groups in total. The summed E-state index contributed by atoms with van der Waals surface area (Å²) in [5.41, 5.74) is 5.24. The van der Waals surface area contributed by atoms with Crippen LogP contribution in [0, 0.1) is 12.8 Å². The van der Waals surface area contributed by atoms with E-state index in [1.165, 1.54) is 37.7 Å². The van der Waals surface area contributed by atoms with Crippen molar-refractivity contribution in [3.8, 4) is 5.75 Å². The lowest BCUT2D eigenvalue weighted by Gasteiger charge is -2.35. The molecule has 2 rings (SSSR count). The Morgan fingerprint density at radius 1 is 1.19 bits per heavy atom. The molecule has 0 heterocycles. The Bertz CT molecular complexity index is 444. The van der Waals surface area contributed by atoms with E-state index in [0.29, 0.717) is 5.92 Å². The molecule has 4 nitrogen and oxygen atoms in total. The molecule has 0 radical (unpaired) electrons. The Balaban J connectivity index is 2.29. The second-order valence-corrected chi connectivity index (χ2v) is 5.99. The van der Waals surface area contributed by atoms with Crippen LogP contribution < -0.4 is 16.0 Å². The SMILES string of the molecule is COc1ccc(C)cc1C(NN)C(OC)C1CCCCC1. The number of nitrogens with one attached hydrogen (secondary N) is 1. The van der Waals surface area contributed by atoms with Crippen LogP contribution in [0.3, 0.4) is 0 Å². The summed E-state index contributed by atoms with van der Waals surface area (Å²) in [5, 5.41) is 0. The van der Waals surface area contributed by atoms with Gasteiger partial charge in [0.25, 0.3) is 0 Å². The van der Waals surface area contributed by atoms with E-state index in [1.54, 1.807) is 14.2 Å². The summed E-state index contributed by atoms with van der Waals surface area (Å²) in [6.45, 7) is 2.08. The third-order valence-electron chi connectivity index (χ3n) is 4.61. The smallest absolute Gasteiger partial charge is 0.123 e. The highest BCUT2D eigenvalue weighted by Gasteiger charge is 2.32. The van der Waals surface area contributed by atoms with E-state index >= 15 is 0 Å². The first-order chi connectivity index (χ1) is 10.2. The lowest BCUT2D eigenvalue weighted by molar-refractivity contribution is 0.00695. The molecule has 118 valence electrons. The molecule has 1 aliphatic carbocycles. The highest BCUT2D eigenvalue weighted by molar-refractivity contribution is 5.39. The maximum atomic E-state index is 5.88. The molecule has 0 spiro atoms. The number of methoxy groups -OCH3 is 2. The molecule has 2 unspecified atom stereocenters. The molecule has 2 atom stereocenters. The van der Waals surface area contributed by atoms with Crippen molar-refractivity contribution >= 4 is 0 Å². The van der Waals surface area contributed by atoms with Gasteiger partial charge in [-0.2, -0.15) is 0 Å². The fourth-order valence-corrected chi connectivity index (χ4v) is 3.52. The maximum absolute atomic E-state index is 5.88. The summed E-state index contributed by atoms with van der Waals surface area (Å²) >= 11 is 0. The number of hydrazine groups is 1. The van der Waals surface area contributed by atoms with Crippen molar-refractivity contribution in [2.24, 2.45) is 11.8 Å². The van der Waals surface area contributed by atoms with E-state index in [1.807, 2.05) is 6.07 Å². The standard InChI is InChI=1S/C17H28N2O2/c1-12-9-10-15(20-2)14(11-12)16(19-18)17(21-3)13-7-5-4-6-8-13/h9-11,13,16-17,19H,4-8,18H2,1-3H3. The van der Waals surface area contributed by atoms with Gasteiger partial charge < -0.3 is 9.47 Å². The number of benzene rings is 1. The lowest BCUT2D eigenvalue weighted by atomic mass is 9.80. The molecule has 1 fully saturated rings. The van der Waals surface area contributed by atoms with Gasteiger partial charge in [-0.15, -0.1) is 0 Å². The van der Waals surface area contributed by atoms with E-state index in [9.17, 15) is 0 Å². The Labute approximate surface area is 128 Å². The molecule has 21 heavy (non-hydrogen) atoms. The Kier molecular flexibility index (Phi) is 6.03. The van der Waals surface area contributed by atoms with Gasteiger partial charge in [0, 0.05) is 12.7 Å². The summed E-state index contributed by atoms with van der Waals surface area (Å²) in [6, 6.07) is 6.15. The van der Waals surface area contributed by atoms with Crippen LogP contribution in [-0.2, 0) is 4.74 Å². The average Bonchev–Trinajstić information content (AvgIpc) is 2.53. The summed E-state index contributed by atoms with van der Waals surface area (Å²) in [4.78, 5) is 0. The second-order valence-electron chi connectivity index (χ2n) is 5.99. The molecule has 0 aliphatic heterocycles. The van der Waals surface area contributed by atoms with Crippen molar-refractivity contribution in [1.29, 1.82) is 0 Å². The summed E-state index contributed by atoms with van der Waals surface area (Å²) in [6.07, 6.45) is 6.40. The van der Waals surface area contributed by atoms with Crippen LogP contribution in [0.15, 0.2) is 18.2 Å². The first-order valence-electron chi connectivity index (χ1n) is 7.84. The van der Waals surface area contributed by atoms with Crippen LogP contribution in [0.25, 0.3) is 0 Å². The average molecular weight is 292 g/mol. The van der Waals surface area contributed by atoms with Gasteiger partial charge in [-0.25, -0.2) is 0 Å². The fraction of sp³-hybridized carbons (Fsp3) is 0.647. The molecular weight excluding hydrogens is 264 g/mol. The van der Waals surface area contributed by atoms with Crippen molar-refractivity contribution in [2.75, 3.05) is 14.2 Å². The minimum absolute atomic E-state index is 0.0482. The van der Waals surface area contributed by atoms with Crippen molar-refractivity contribution in [2.45, 2.75) is 51.2 Å². The Morgan fingerprint density at radius 2 is 1.90 bits per heavy atom. The third kappa shape index (κ3) is 3.76. The monoisotopic (exact) mass is 292 g/mol. The first-order valence-corrected chi connectivity index (χ1v) is 7.84. The van der Waals surface area contributed by atoms with Crippen molar-refractivity contribution in [3.63, 3.8) is 0 Å². The predicted molar refractivity (Wildman–Crippen MR) is 85.2 cm³/mol. The third-order valence-corrected chi connectivity index (χ3v) is 4.61. The number of aryl methyl sites for hydroxylation is 1.